The lowest BCUT2D eigenvalue weighted by Crippen LogP contribution is -2.41. The lowest BCUT2D eigenvalue weighted by atomic mass is 10.0. The van der Waals surface area contributed by atoms with Crippen LogP contribution in [0.3, 0.4) is 0 Å². The summed E-state index contributed by atoms with van der Waals surface area (Å²) < 4.78 is 37.0. The summed E-state index contributed by atoms with van der Waals surface area (Å²) in [7, 11) is -2.92. The quantitative estimate of drug-likeness (QED) is 0.924. The lowest BCUT2D eigenvalue weighted by molar-refractivity contribution is 0.573. The third kappa shape index (κ3) is 3.74. The molecule has 0 amide bonds. The fraction of sp³-hybridized carbons (Fsp3) is 0.600. The molecule has 1 aliphatic rings. The zero-order valence-electron chi connectivity index (χ0n) is 12.8. The predicted octanol–water partition coefficient (Wildman–Crippen LogP) is 2.04. The zero-order chi connectivity index (χ0) is 15.6. The van der Waals surface area contributed by atoms with Gasteiger partial charge in [0.1, 0.15) is 5.82 Å². The number of benzene rings is 1. The van der Waals surface area contributed by atoms with Gasteiger partial charge in [-0.05, 0) is 43.7 Å². The summed E-state index contributed by atoms with van der Waals surface area (Å²) in [6, 6.07) is 3.43. The standard InChI is InChI=1S/C15H23FN2O2S/c1-4-17-12(3)13-10-14(16)11(2)9-15(13)18-5-7-21(19,20)8-6-18/h9-10,12,17H,4-8H2,1-3H3. The highest BCUT2D eigenvalue weighted by Gasteiger charge is 2.25. The van der Waals surface area contributed by atoms with Crippen LogP contribution in [-0.4, -0.2) is 39.6 Å². The van der Waals surface area contributed by atoms with E-state index in [1.165, 1.54) is 0 Å². The summed E-state index contributed by atoms with van der Waals surface area (Å²) in [5.41, 5.74) is 2.42. The highest BCUT2D eigenvalue weighted by atomic mass is 32.2. The molecule has 21 heavy (non-hydrogen) atoms. The van der Waals surface area contributed by atoms with Crippen LogP contribution in [0.5, 0.6) is 0 Å². The van der Waals surface area contributed by atoms with Crippen LogP contribution >= 0.6 is 0 Å². The average Bonchev–Trinajstić information content (AvgIpc) is 2.42. The molecule has 0 aliphatic carbocycles. The minimum Gasteiger partial charge on any atom is -0.369 e. The zero-order valence-corrected chi connectivity index (χ0v) is 13.6. The van der Waals surface area contributed by atoms with Gasteiger partial charge in [-0.3, -0.25) is 0 Å². The van der Waals surface area contributed by atoms with Gasteiger partial charge in [-0.25, -0.2) is 12.8 Å². The van der Waals surface area contributed by atoms with E-state index in [0.717, 1.165) is 17.8 Å². The Morgan fingerprint density at radius 3 is 2.52 bits per heavy atom. The van der Waals surface area contributed by atoms with E-state index in [-0.39, 0.29) is 23.4 Å². The van der Waals surface area contributed by atoms with Crippen molar-refractivity contribution in [1.82, 2.24) is 5.32 Å². The number of nitrogens with one attached hydrogen (secondary N) is 1. The number of nitrogens with zero attached hydrogens (tertiary/aromatic N) is 1. The molecule has 1 heterocycles. The molecule has 1 aliphatic heterocycles. The molecule has 1 aromatic carbocycles. The van der Waals surface area contributed by atoms with Gasteiger partial charge in [0, 0.05) is 24.8 Å². The SMILES string of the molecule is CCNC(C)c1cc(F)c(C)cc1N1CCS(=O)(=O)CC1. The van der Waals surface area contributed by atoms with E-state index < -0.39 is 9.84 Å². The Labute approximate surface area is 126 Å². The molecule has 4 nitrogen and oxygen atoms in total. The van der Waals surface area contributed by atoms with Crippen molar-refractivity contribution in [1.29, 1.82) is 0 Å². The fourth-order valence-electron chi connectivity index (χ4n) is 2.67. The van der Waals surface area contributed by atoms with Gasteiger partial charge in [0.15, 0.2) is 9.84 Å². The molecule has 1 unspecified atom stereocenters. The summed E-state index contributed by atoms with van der Waals surface area (Å²) in [6.45, 7) is 7.48. The summed E-state index contributed by atoms with van der Waals surface area (Å²) in [4.78, 5) is 2.05. The van der Waals surface area contributed by atoms with E-state index in [1.807, 2.05) is 19.9 Å². The first-order chi connectivity index (χ1) is 9.84. The van der Waals surface area contributed by atoms with Crippen molar-refractivity contribution in [3.8, 4) is 0 Å². The minimum atomic E-state index is -2.92. The molecule has 0 aromatic heterocycles. The molecule has 1 saturated heterocycles. The van der Waals surface area contributed by atoms with Crippen LogP contribution in [0.1, 0.15) is 31.0 Å². The molecular weight excluding hydrogens is 291 g/mol. The molecule has 1 aromatic rings. The van der Waals surface area contributed by atoms with Gasteiger partial charge < -0.3 is 10.2 Å². The first kappa shape index (κ1) is 16.2. The van der Waals surface area contributed by atoms with Gasteiger partial charge >= 0.3 is 0 Å². The number of sulfone groups is 1. The Balaban J connectivity index is 2.35. The Bertz CT molecular complexity index is 602. The van der Waals surface area contributed by atoms with E-state index in [1.54, 1.807) is 13.0 Å². The number of hydrogen-bond donors (Lipinski definition) is 1. The van der Waals surface area contributed by atoms with Gasteiger partial charge in [0.05, 0.1) is 11.5 Å². The van der Waals surface area contributed by atoms with Crippen molar-refractivity contribution in [2.24, 2.45) is 0 Å². The maximum atomic E-state index is 13.9. The third-order valence-electron chi connectivity index (χ3n) is 3.97. The summed E-state index contributed by atoms with van der Waals surface area (Å²) >= 11 is 0. The van der Waals surface area contributed by atoms with Crippen LogP contribution in [0.2, 0.25) is 0 Å². The van der Waals surface area contributed by atoms with Crippen molar-refractivity contribution in [3.63, 3.8) is 0 Å². The van der Waals surface area contributed by atoms with Crippen molar-refractivity contribution in [2.75, 3.05) is 36.0 Å². The van der Waals surface area contributed by atoms with Crippen LogP contribution in [0.25, 0.3) is 0 Å². The van der Waals surface area contributed by atoms with E-state index >= 15 is 0 Å². The first-order valence-corrected chi connectivity index (χ1v) is 9.15. The largest absolute Gasteiger partial charge is 0.369 e. The van der Waals surface area contributed by atoms with Crippen molar-refractivity contribution in [2.45, 2.75) is 26.8 Å². The molecule has 2 rings (SSSR count). The highest BCUT2D eigenvalue weighted by molar-refractivity contribution is 7.91. The van der Waals surface area contributed by atoms with Crippen LogP contribution in [-0.2, 0) is 9.84 Å². The molecule has 6 heteroatoms. The first-order valence-electron chi connectivity index (χ1n) is 7.33. The van der Waals surface area contributed by atoms with Crippen molar-refractivity contribution in [3.05, 3.63) is 29.1 Å². The van der Waals surface area contributed by atoms with Gasteiger partial charge in [0.2, 0.25) is 0 Å². The number of anilines is 1. The normalized spacial score (nSPS) is 19.5. The molecule has 1 N–H and O–H groups in total. The lowest BCUT2D eigenvalue weighted by Gasteiger charge is -2.32. The molecule has 0 bridgehead atoms. The highest BCUT2D eigenvalue weighted by Crippen LogP contribution is 2.30. The van der Waals surface area contributed by atoms with E-state index in [4.69, 9.17) is 0 Å². The Morgan fingerprint density at radius 2 is 1.95 bits per heavy atom. The molecule has 1 atom stereocenters. The van der Waals surface area contributed by atoms with Crippen molar-refractivity contribution < 1.29 is 12.8 Å². The fourth-order valence-corrected chi connectivity index (χ4v) is 3.87. The van der Waals surface area contributed by atoms with Crippen LogP contribution < -0.4 is 10.2 Å². The second kappa shape index (κ2) is 6.32. The number of halogens is 1. The monoisotopic (exact) mass is 314 g/mol. The van der Waals surface area contributed by atoms with E-state index in [0.29, 0.717) is 18.7 Å². The van der Waals surface area contributed by atoms with Gasteiger partial charge in [-0.15, -0.1) is 0 Å². The van der Waals surface area contributed by atoms with Crippen LogP contribution in [0, 0.1) is 12.7 Å². The van der Waals surface area contributed by atoms with Crippen LogP contribution in [0.15, 0.2) is 12.1 Å². The minimum absolute atomic E-state index is 0.0265. The Hall–Kier alpha value is -1.14. The predicted molar refractivity (Wildman–Crippen MR) is 84.1 cm³/mol. The van der Waals surface area contributed by atoms with E-state index in [2.05, 4.69) is 10.2 Å². The van der Waals surface area contributed by atoms with E-state index in [9.17, 15) is 12.8 Å². The number of rotatable bonds is 4. The molecule has 1 fully saturated rings. The molecule has 0 saturated carbocycles. The van der Waals surface area contributed by atoms with Crippen LogP contribution in [0.4, 0.5) is 10.1 Å². The maximum absolute atomic E-state index is 13.9. The molecular formula is C15H23FN2O2S. The maximum Gasteiger partial charge on any atom is 0.153 e. The summed E-state index contributed by atoms with van der Waals surface area (Å²) in [5, 5.41) is 3.29. The Kier molecular flexibility index (Phi) is 4.88. The van der Waals surface area contributed by atoms with Crippen molar-refractivity contribution >= 4 is 15.5 Å². The molecule has 118 valence electrons. The second-order valence-corrected chi connectivity index (χ2v) is 7.88. The Morgan fingerprint density at radius 1 is 1.33 bits per heavy atom. The third-order valence-corrected chi connectivity index (χ3v) is 5.58. The summed E-state index contributed by atoms with van der Waals surface area (Å²) in [5.74, 6) is 0.111. The number of hydrogen-bond acceptors (Lipinski definition) is 4. The summed E-state index contributed by atoms with van der Waals surface area (Å²) in [6.07, 6.45) is 0. The van der Waals surface area contributed by atoms with Gasteiger partial charge in [0.25, 0.3) is 0 Å². The second-order valence-electron chi connectivity index (χ2n) is 5.58. The molecule has 0 spiro atoms. The smallest absolute Gasteiger partial charge is 0.153 e. The van der Waals surface area contributed by atoms with Gasteiger partial charge in [-0.1, -0.05) is 6.92 Å². The molecule has 0 radical (unpaired) electrons. The topological polar surface area (TPSA) is 49.4 Å². The average molecular weight is 314 g/mol. The number of aryl methyl sites for hydroxylation is 1. The van der Waals surface area contributed by atoms with Gasteiger partial charge in [-0.2, -0.15) is 0 Å².